The Morgan fingerprint density at radius 1 is 1.16 bits per heavy atom. The first-order chi connectivity index (χ1) is 9.25. The van der Waals surface area contributed by atoms with Crippen molar-refractivity contribution < 1.29 is 9.69 Å². The number of hydrogen-bond acceptors (Lipinski definition) is 2. The monoisotopic (exact) mass is 262 g/mol. The minimum atomic E-state index is 0.100. The maximum Gasteiger partial charge on any atom is 0.293 e. The first-order valence-corrected chi connectivity index (χ1v) is 7.17. The summed E-state index contributed by atoms with van der Waals surface area (Å²) in [6.07, 6.45) is 5.12. The molecule has 0 aromatic heterocycles. The quantitative estimate of drug-likeness (QED) is 0.780. The average Bonchev–Trinajstić information content (AvgIpc) is 2.68. The fourth-order valence-electron chi connectivity index (χ4n) is 2.58. The summed E-state index contributed by atoms with van der Waals surface area (Å²) in [5.41, 5.74) is 3.94. The van der Waals surface area contributed by atoms with Gasteiger partial charge in [-0.15, -0.1) is 0 Å². The van der Waals surface area contributed by atoms with Gasteiger partial charge < -0.3 is 4.90 Å². The smallest absolute Gasteiger partial charge is 0.293 e. The molecular weight excluding hydrogens is 238 g/mol. The normalized spacial score (nSPS) is 16.7. The summed E-state index contributed by atoms with van der Waals surface area (Å²) in [5, 5.41) is 1.79. The highest BCUT2D eigenvalue weighted by Gasteiger charge is 2.17. The lowest BCUT2D eigenvalue weighted by Gasteiger charge is -2.22. The van der Waals surface area contributed by atoms with E-state index < -0.39 is 0 Å². The molecule has 4 heteroatoms. The summed E-state index contributed by atoms with van der Waals surface area (Å²) in [4.78, 5) is 13.4. The maximum absolute atomic E-state index is 12.0. The molecule has 0 radical (unpaired) electrons. The first kappa shape index (κ1) is 13.9. The summed E-state index contributed by atoms with van der Waals surface area (Å²) < 4.78 is 0. The third-order valence-corrected chi connectivity index (χ3v) is 3.66. The number of carbonyl (C=O) groups excluding carboxylic acids is 1. The van der Waals surface area contributed by atoms with E-state index in [1.807, 2.05) is 37.4 Å². The van der Waals surface area contributed by atoms with Gasteiger partial charge in [0.2, 0.25) is 0 Å². The molecule has 0 bridgehead atoms. The minimum absolute atomic E-state index is 0.100. The molecule has 1 aromatic rings. The number of rotatable bonds is 4. The number of hydrazine groups is 1. The van der Waals surface area contributed by atoms with Crippen molar-refractivity contribution in [2.75, 3.05) is 31.7 Å². The number of anilines is 1. The van der Waals surface area contributed by atoms with E-state index in [4.69, 9.17) is 0 Å². The van der Waals surface area contributed by atoms with E-state index >= 15 is 0 Å². The van der Waals surface area contributed by atoms with Gasteiger partial charge in [0, 0.05) is 7.05 Å². The average molecular weight is 262 g/mol. The summed E-state index contributed by atoms with van der Waals surface area (Å²) in [7, 11) is 1.88. The topological polar surface area (TPSA) is 36.8 Å². The van der Waals surface area contributed by atoms with E-state index in [1.54, 1.807) is 5.01 Å². The highest BCUT2D eigenvalue weighted by molar-refractivity contribution is 5.78. The summed E-state index contributed by atoms with van der Waals surface area (Å²) in [5.74, 6) is 0.100. The Bertz CT molecular complexity index is 386. The van der Waals surface area contributed by atoms with Crippen molar-refractivity contribution >= 4 is 11.6 Å². The lowest BCUT2D eigenvalue weighted by molar-refractivity contribution is -0.891. The van der Waals surface area contributed by atoms with Crippen LogP contribution < -0.4 is 15.3 Å². The first-order valence-electron chi connectivity index (χ1n) is 7.17. The zero-order valence-corrected chi connectivity index (χ0v) is 11.7. The van der Waals surface area contributed by atoms with Gasteiger partial charge in [0.25, 0.3) is 5.91 Å². The van der Waals surface area contributed by atoms with Crippen molar-refractivity contribution in [3.8, 4) is 0 Å². The van der Waals surface area contributed by atoms with Crippen molar-refractivity contribution in [2.45, 2.75) is 25.7 Å². The van der Waals surface area contributed by atoms with Gasteiger partial charge in [-0.05, 0) is 37.8 Å². The van der Waals surface area contributed by atoms with Crippen LogP contribution in [-0.4, -0.2) is 32.6 Å². The molecule has 1 heterocycles. The Balaban J connectivity index is 1.80. The molecular formula is C15H24N3O+. The zero-order valence-electron chi connectivity index (χ0n) is 11.7. The molecule has 0 aliphatic carbocycles. The van der Waals surface area contributed by atoms with Crippen LogP contribution in [0.15, 0.2) is 30.3 Å². The van der Waals surface area contributed by atoms with Crippen LogP contribution in [0.25, 0.3) is 0 Å². The van der Waals surface area contributed by atoms with E-state index in [9.17, 15) is 4.79 Å². The Labute approximate surface area is 115 Å². The largest absolute Gasteiger partial charge is 0.327 e. The second kappa shape index (κ2) is 7.14. The highest BCUT2D eigenvalue weighted by Crippen LogP contribution is 2.07. The van der Waals surface area contributed by atoms with Crippen LogP contribution in [-0.2, 0) is 4.79 Å². The summed E-state index contributed by atoms with van der Waals surface area (Å²) >= 11 is 0. The van der Waals surface area contributed by atoms with Crippen LogP contribution >= 0.6 is 0 Å². The number of para-hydroxylation sites is 1. The zero-order chi connectivity index (χ0) is 13.5. The molecule has 1 amide bonds. The number of nitrogens with one attached hydrogen (secondary N) is 2. The van der Waals surface area contributed by atoms with E-state index in [-0.39, 0.29) is 5.91 Å². The molecule has 1 aliphatic heterocycles. The molecule has 1 fully saturated rings. The molecule has 2 rings (SSSR count). The van der Waals surface area contributed by atoms with Crippen LogP contribution in [0.3, 0.4) is 0 Å². The SMILES string of the molecule is CN(NC(=O)C[NH+]1CCCCCC1)c1ccccc1. The number of carbonyl (C=O) groups is 1. The second-order valence-corrected chi connectivity index (χ2v) is 5.27. The van der Waals surface area contributed by atoms with Gasteiger partial charge >= 0.3 is 0 Å². The van der Waals surface area contributed by atoms with Crippen LogP contribution in [0, 0.1) is 0 Å². The molecule has 1 aromatic carbocycles. The molecule has 19 heavy (non-hydrogen) atoms. The number of amides is 1. The minimum Gasteiger partial charge on any atom is -0.327 e. The summed E-state index contributed by atoms with van der Waals surface area (Å²) in [6, 6.07) is 9.88. The van der Waals surface area contributed by atoms with Crippen molar-refractivity contribution in [3.05, 3.63) is 30.3 Å². The van der Waals surface area contributed by atoms with Crippen LogP contribution in [0.1, 0.15) is 25.7 Å². The predicted molar refractivity (Wildman–Crippen MR) is 77.0 cm³/mol. The fraction of sp³-hybridized carbons (Fsp3) is 0.533. The van der Waals surface area contributed by atoms with Gasteiger partial charge in [-0.2, -0.15) is 0 Å². The molecule has 2 N–H and O–H groups in total. The van der Waals surface area contributed by atoms with Crippen molar-refractivity contribution in [1.82, 2.24) is 5.43 Å². The van der Waals surface area contributed by atoms with Gasteiger partial charge in [0.05, 0.1) is 18.8 Å². The molecule has 0 spiro atoms. The Morgan fingerprint density at radius 2 is 1.79 bits per heavy atom. The Hall–Kier alpha value is -1.55. The van der Waals surface area contributed by atoms with E-state index in [1.165, 1.54) is 30.6 Å². The van der Waals surface area contributed by atoms with Gasteiger partial charge in [-0.1, -0.05) is 18.2 Å². The van der Waals surface area contributed by atoms with Crippen molar-refractivity contribution in [1.29, 1.82) is 0 Å². The molecule has 104 valence electrons. The summed E-state index contributed by atoms with van der Waals surface area (Å²) in [6.45, 7) is 2.84. The van der Waals surface area contributed by atoms with Crippen LogP contribution in [0.2, 0.25) is 0 Å². The molecule has 0 saturated carbocycles. The van der Waals surface area contributed by atoms with E-state index in [0.29, 0.717) is 6.54 Å². The number of benzene rings is 1. The third kappa shape index (κ3) is 4.56. The predicted octanol–water partition coefficient (Wildman–Crippen LogP) is 0.613. The van der Waals surface area contributed by atoms with E-state index in [0.717, 1.165) is 18.8 Å². The molecule has 0 unspecified atom stereocenters. The van der Waals surface area contributed by atoms with Gasteiger partial charge in [0.1, 0.15) is 0 Å². The number of nitrogens with zero attached hydrogens (tertiary/aromatic N) is 1. The fourth-order valence-corrected chi connectivity index (χ4v) is 2.58. The van der Waals surface area contributed by atoms with Crippen molar-refractivity contribution in [3.63, 3.8) is 0 Å². The van der Waals surface area contributed by atoms with Crippen molar-refractivity contribution in [2.24, 2.45) is 0 Å². The van der Waals surface area contributed by atoms with Crippen LogP contribution in [0.4, 0.5) is 5.69 Å². The molecule has 4 nitrogen and oxygen atoms in total. The van der Waals surface area contributed by atoms with Gasteiger partial charge in [-0.25, -0.2) is 0 Å². The maximum atomic E-state index is 12.0. The Morgan fingerprint density at radius 3 is 2.42 bits per heavy atom. The molecule has 1 saturated heterocycles. The lowest BCUT2D eigenvalue weighted by atomic mass is 10.2. The van der Waals surface area contributed by atoms with Crippen LogP contribution in [0.5, 0.6) is 0 Å². The highest BCUT2D eigenvalue weighted by atomic mass is 16.2. The standard InChI is InChI=1S/C15H23N3O/c1-17(14-9-5-4-6-10-14)16-15(19)13-18-11-7-2-3-8-12-18/h4-6,9-10H,2-3,7-8,11-13H2,1H3,(H,16,19)/p+1. The van der Waals surface area contributed by atoms with E-state index in [2.05, 4.69) is 5.43 Å². The molecule has 1 aliphatic rings. The number of hydrogen-bond donors (Lipinski definition) is 2. The molecule has 0 atom stereocenters. The third-order valence-electron chi connectivity index (χ3n) is 3.66. The second-order valence-electron chi connectivity index (χ2n) is 5.27. The van der Waals surface area contributed by atoms with Gasteiger partial charge in [-0.3, -0.25) is 15.2 Å². The van der Waals surface area contributed by atoms with Gasteiger partial charge in [0.15, 0.2) is 6.54 Å². The lowest BCUT2D eigenvalue weighted by Crippen LogP contribution is -3.13. The number of likely N-dealkylation sites (tertiary alicyclic amines) is 1. The Kier molecular flexibility index (Phi) is 5.21. The number of quaternary nitrogens is 1.